The van der Waals surface area contributed by atoms with Gasteiger partial charge in [0, 0.05) is 28.7 Å². The van der Waals surface area contributed by atoms with Crippen molar-refractivity contribution in [1.29, 1.82) is 0 Å². The molecule has 0 radical (unpaired) electrons. The molecular weight excluding hydrogens is 315 g/mol. The standard InChI is InChI=1S/C14H11ClN2OS.ClH/c15-11-3-5-12(6-4-11)17-13(18)9-19-14(17)10-2-1-7-16-8-10;/h1-8,14H,9H2;1H. The molecule has 1 aliphatic rings. The van der Waals surface area contributed by atoms with Gasteiger partial charge in [0.2, 0.25) is 5.91 Å². The lowest BCUT2D eigenvalue weighted by Gasteiger charge is -2.24. The van der Waals surface area contributed by atoms with Crippen LogP contribution in [0.1, 0.15) is 10.9 Å². The highest BCUT2D eigenvalue weighted by Crippen LogP contribution is 2.41. The Morgan fingerprint density at radius 1 is 1.25 bits per heavy atom. The number of carbonyl (C=O) groups excluding carboxylic acids is 1. The number of hydrogen-bond acceptors (Lipinski definition) is 3. The molecular formula is C14H12Cl2N2OS. The van der Waals surface area contributed by atoms with E-state index in [1.807, 2.05) is 24.3 Å². The summed E-state index contributed by atoms with van der Waals surface area (Å²) in [6.07, 6.45) is 3.54. The first kappa shape index (κ1) is 15.2. The summed E-state index contributed by atoms with van der Waals surface area (Å²) in [6.45, 7) is 0. The summed E-state index contributed by atoms with van der Waals surface area (Å²) >= 11 is 7.50. The van der Waals surface area contributed by atoms with Crippen LogP contribution in [0.15, 0.2) is 48.8 Å². The number of pyridine rings is 1. The minimum absolute atomic E-state index is 0. The molecule has 2 aromatic rings. The molecule has 0 N–H and O–H groups in total. The molecule has 1 aromatic heterocycles. The summed E-state index contributed by atoms with van der Waals surface area (Å²) in [7, 11) is 0. The maximum atomic E-state index is 12.1. The van der Waals surface area contributed by atoms with Gasteiger partial charge in [-0.05, 0) is 30.3 Å². The van der Waals surface area contributed by atoms with Gasteiger partial charge < -0.3 is 0 Å². The minimum atomic E-state index is -0.0117. The minimum Gasteiger partial charge on any atom is -0.295 e. The van der Waals surface area contributed by atoms with Crippen LogP contribution in [0.3, 0.4) is 0 Å². The first-order chi connectivity index (χ1) is 9.25. The van der Waals surface area contributed by atoms with E-state index >= 15 is 0 Å². The average Bonchev–Trinajstić information content (AvgIpc) is 2.83. The maximum Gasteiger partial charge on any atom is 0.238 e. The van der Waals surface area contributed by atoms with E-state index in [1.54, 1.807) is 41.2 Å². The number of halogens is 2. The zero-order valence-electron chi connectivity index (χ0n) is 10.4. The van der Waals surface area contributed by atoms with Crippen LogP contribution in [0.25, 0.3) is 0 Å². The molecule has 3 rings (SSSR count). The highest BCUT2D eigenvalue weighted by Gasteiger charge is 2.33. The second-order valence-corrected chi connectivity index (χ2v) is 5.69. The topological polar surface area (TPSA) is 33.2 Å². The third kappa shape index (κ3) is 2.92. The predicted octanol–water partition coefficient (Wildman–Crippen LogP) is 3.94. The van der Waals surface area contributed by atoms with Crippen molar-refractivity contribution in [3.8, 4) is 0 Å². The van der Waals surface area contributed by atoms with E-state index in [9.17, 15) is 4.79 Å². The van der Waals surface area contributed by atoms with Crippen molar-refractivity contribution in [2.45, 2.75) is 5.37 Å². The second-order valence-electron chi connectivity index (χ2n) is 4.19. The van der Waals surface area contributed by atoms with Crippen molar-refractivity contribution in [1.82, 2.24) is 4.98 Å². The number of hydrogen-bond donors (Lipinski definition) is 0. The molecule has 6 heteroatoms. The third-order valence-corrected chi connectivity index (χ3v) is 4.41. The number of benzene rings is 1. The molecule has 1 aliphatic heterocycles. The highest BCUT2D eigenvalue weighted by molar-refractivity contribution is 8.00. The number of thioether (sulfide) groups is 1. The lowest BCUT2D eigenvalue weighted by atomic mass is 10.2. The number of rotatable bonds is 2. The Morgan fingerprint density at radius 2 is 2.00 bits per heavy atom. The molecule has 0 spiro atoms. The van der Waals surface area contributed by atoms with Crippen molar-refractivity contribution in [2.24, 2.45) is 0 Å². The Labute approximate surface area is 132 Å². The Kier molecular flexibility index (Phi) is 4.91. The van der Waals surface area contributed by atoms with E-state index in [0.717, 1.165) is 11.3 Å². The van der Waals surface area contributed by atoms with Gasteiger partial charge in [0.1, 0.15) is 5.37 Å². The van der Waals surface area contributed by atoms with Crippen molar-refractivity contribution < 1.29 is 4.79 Å². The quantitative estimate of drug-likeness (QED) is 0.838. The van der Waals surface area contributed by atoms with Crippen molar-refractivity contribution >= 4 is 47.4 Å². The van der Waals surface area contributed by atoms with Gasteiger partial charge in [-0.15, -0.1) is 24.2 Å². The maximum absolute atomic E-state index is 12.1. The molecule has 1 fully saturated rings. The molecule has 1 saturated heterocycles. The molecule has 1 amide bonds. The summed E-state index contributed by atoms with van der Waals surface area (Å²) in [5, 5.41) is 0.656. The van der Waals surface area contributed by atoms with E-state index in [1.165, 1.54) is 0 Å². The summed E-state index contributed by atoms with van der Waals surface area (Å²) in [5.74, 6) is 0.600. The van der Waals surface area contributed by atoms with E-state index in [2.05, 4.69) is 4.98 Å². The smallest absolute Gasteiger partial charge is 0.238 e. The number of anilines is 1. The van der Waals surface area contributed by atoms with E-state index in [-0.39, 0.29) is 23.7 Å². The first-order valence-electron chi connectivity index (χ1n) is 5.85. The van der Waals surface area contributed by atoms with Gasteiger partial charge in [-0.3, -0.25) is 14.7 Å². The normalized spacial score (nSPS) is 17.9. The largest absolute Gasteiger partial charge is 0.295 e. The van der Waals surface area contributed by atoms with Crippen molar-refractivity contribution in [2.75, 3.05) is 10.7 Å². The number of carbonyl (C=O) groups is 1. The molecule has 0 bridgehead atoms. The van der Waals surface area contributed by atoms with Gasteiger partial charge in [0.25, 0.3) is 0 Å². The van der Waals surface area contributed by atoms with Crippen molar-refractivity contribution in [3.63, 3.8) is 0 Å². The van der Waals surface area contributed by atoms with E-state index < -0.39 is 0 Å². The fourth-order valence-electron chi connectivity index (χ4n) is 2.07. The molecule has 20 heavy (non-hydrogen) atoms. The number of nitrogens with zero attached hydrogens (tertiary/aromatic N) is 2. The van der Waals surface area contributed by atoms with Gasteiger partial charge >= 0.3 is 0 Å². The van der Waals surface area contributed by atoms with E-state index in [4.69, 9.17) is 11.6 Å². The van der Waals surface area contributed by atoms with Gasteiger partial charge in [0.15, 0.2) is 0 Å². The highest BCUT2D eigenvalue weighted by atomic mass is 35.5. The Bertz CT molecular complexity index is 592. The van der Waals surface area contributed by atoms with Gasteiger partial charge in [-0.1, -0.05) is 17.7 Å². The summed E-state index contributed by atoms with van der Waals surface area (Å²) in [5.41, 5.74) is 1.90. The van der Waals surface area contributed by atoms with Crippen molar-refractivity contribution in [3.05, 3.63) is 59.4 Å². The Hall–Kier alpha value is -1.23. The summed E-state index contributed by atoms with van der Waals surface area (Å²) < 4.78 is 0. The summed E-state index contributed by atoms with van der Waals surface area (Å²) in [4.78, 5) is 18.0. The number of amides is 1. The monoisotopic (exact) mass is 326 g/mol. The molecule has 3 nitrogen and oxygen atoms in total. The number of aromatic nitrogens is 1. The first-order valence-corrected chi connectivity index (χ1v) is 7.27. The lowest BCUT2D eigenvalue weighted by Crippen LogP contribution is -2.27. The molecule has 1 aromatic carbocycles. The summed E-state index contributed by atoms with van der Waals surface area (Å²) in [6, 6.07) is 11.2. The van der Waals surface area contributed by atoms with Crippen LogP contribution < -0.4 is 4.90 Å². The predicted molar refractivity (Wildman–Crippen MR) is 85.6 cm³/mol. The molecule has 1 unspecified atom stereocenters. The molecule has 2 heterocycles. The third-order valence-electron chi connectivity index (χ3n) is 2.94. The van der Waals surface area contributed by atoms with Gasteiger partial charge in [0.05, 0.1) is 5.75 Å². The fourth-order valence-corrected chi connectivity index (χ4v) is 3.36. The molecule has 1 atom stereocenters. The van der Waals surface area contributed by atoms with Gasteiger partial charge in [-0.2, -0.15) is 0 Å². The average molecular weight is 327 g/mol. The van der Waals surface area contributed by atoms with Gasteiger partial charge in [-0.25, -0.2) is 0 Å². The fraction of sp³-hybridized carbons (Fsp3) is 0.143. The van der Waals surface area contributed by atoms with Crippen LogP contribution in [0.2, 0.25) is 5.02 Å². The molecule has 0 saturated carbocycles. The zero-order chi connectivity index (χ0) is 13.2. The van der Waals surface area contributed by atoms with Crippen LogP contribution in [0, 0.1) is 0 Å². The Morgan fingerprint density at radius 3 is 2.65 bits per heavy atom. The zero-order valence-corrected chi connectivity index (χ0v) is 12.8. The molecule has 0 aliphatic carbocycles. The SMILES string of the molecule is Cl.O=C1CSC(c2cccnc2)N1c1ccc(Cl)cc1. The van der Waals surface area contributed by atoms with Crippen LogP contribution >= 0.6 is 35.8 Å². The van der Waals surface area contributed by atoms with Crippen LogP contribution in [-0.4, -0.2) is 16.6 Å². The van der Waals surface area contributed by atoms with E-state index in [0.29, 0.717) is 10.8 Å². The second kappa shape index (κ2) is 6.48. The van der Waals surface area contributed by atoms with Crippen LogP contribution in [0.4, 0.5) is 5.69 Å². The van der Waals surface area contributed by atoms with Crippen LogP contribution in [-0.2, 0) is 4.79 Å². The van der Waals surface area contributed by atoms with Crippen LogP contribution in [0.5, 0.6) is 0 Å². The Balaban J connectivity index is 0.00000147. The lowest BCUT2D eigenvalue weighted by molar-refractivity contribution is -0.115. The molecule has 104 valence electrons.